The SMILES string of the molecule is Oc1ccc(F)cc1.Oc1ccc(I)cc1.Oc1ccc(Oc2ccc(I)cc2)cc1. The average Bonchev–Trinajstić information content (AvgIpc) is 2.76. The molecule has 0 saturated heterocycles. The minimum absolute atomic E-state index is 0.0893. The van der Waals surface area contributed by atoms with Crippen LogP contribution in [-0.2, 0) is 0 Å². The van der Waals surface area contributed by atoms with Gasteiger partial charge in [0.2, 0.25) is 0 Å². The molecule has 4 aromatic carbocycles. The first-order chi connectivity index (χ1) is 14.8. The molecular formula is C24H19FI2O4. The lowest BCUT2D eigenvalue weighted by molar-refractivity contribution is 0.464. The standard InChI is InChI=1S/C12H9IO2.C6H5FO.C6H5IO/c13-9-1-5-11(6-2-9)15-12-7-3-10(14)4-8-12;2*7-5-1-3-6(8)4-2-5/h1-8,14H;2*1-4,8H. The zero-order chi connectivity index (χ0) is 22.6. The summed E-state index contributed by atoms with van der Waals surface area (Å²) in [5, 5.41) is 26.4. The number of aromatic hydroxyl groups is 3. The van der Waals surface area contributed by atoms with Gasteiger partial charge in [0.15, 0.2) is 0 Å². The summed E-state index contributed by atoms with van der Waals surface area (Å²) >= 11 is 4.43. The molecular weight excluding hydrogens is 625 g/mol. The van der Waals surface area contributed by atoms with Crippen molar-refractivity contribution in [3.05, 3.63) is 110 Å². The van der Waals surface area contributed by atoms with Gasteiger partial charge < -0.3 is 20.1 Å². The highest BCUT2D eigenvalue weighted by molar-refractivity contribution is 14.1. The second-order valence-corrected chi connectivity index (χ2v) is 8.49. The molecule has 0 aliphatic heterocycles. The molecule has 0 amide bonds. The quantitative estimate of drug-likeness (QED) is 0.200. The molecule has 0 aliphatic rings. The van der Waals surface area contributed by atoms with E-state index in [0.29, 0.717) is 11.5 Å². The minimum atomic E-state index is -0.331. The summed E-state index contributed by atoms with van der Waals surface area (Å²) in [7, 11) is 0. The Morgan fingerprint density at radius 1 is 0.484 bits per heavy atom. The van der Waals surface area contributed by atoms with Crippen LogP contribution in [0.2, 0.25) is 0 Å². The number of phenolic OH excluding ortho intramolecular Hbond substituents is 3. The lowest BCUT2D eigenvalue weighted by Crippen LogP contribution is -1.83. The molecule has 0 saturated carbocycles. The van der Waals surface area contributed by atoms with Crippen LogP contribution in [0.3, 0.4) is 0 Å². The average molecular weight is 644 g/mol. The zero-order valence-corrected chi connectivity index (χ0v) is 20.4. The first-order valence-electron chi connectivity index (χ1n) is 8.93. The Kier molecular flexibility index (Phi) is 10.4. The minimum Gasteiger partial charge on any atom is -0.508 e. The third-order valence-electron chi connectivity index (χ3n) is 3.54. The molecule has 4 rings (SSSR count). The van der Waals surface area contributed by atoms with Crippen molar-refractivity contribution < 1.29 is 24.4 Å². The lowest BCUT2D eigenvalue weighted by atomic mass is 10.3. The highest BCUT2D eigenvalue weighted by atomic mass is 127. The van der Waals surface area contributed by atoms with Crippen molar-refractivity contribution in [2.45, 2.75) is 0 Å². The van der Waals surface area contributed by atoms with Crippen molar-refractivity contribution in [3.8, 4) is 28.7 Å². The maximum absolute atomic E-state index is 12.0. The first-order valence-corrected chi connectivity index (χ1v) is 11.1. The summed E-state index contributed by atoms with van der Waals surface area (Å²) in [5.41, 5.74) is 0. The van der Waals surface area contributed by atoms with Gasteiger partial charge in [0.05, 0.1) is 0 Å². The van der Waals surface area contributed by atoms with Crippen molar-refractivity contribution in [2.24, 2.45) is 0 Å². The topological polar surface area (TPSA) is 69.9 Å². The summed E-state index contributed by atoms with van der Waals surface area (Å²) < 4.78 is 19.9. The van der Waals surface area contributed by atoms with E-state index in [9.17, 15) is 4.39 Å². The molecule has 160 valence electrons. The van der Waals surface area contributed by atoms with Gasteiger partial charge in [-0.3, -0.25) is 0 Å². The first kappa shape index (κ1) is 24.7. The molecule has 0 heterocycles. The number of phenols is 3. The Labute approximate surface area is 207 Å². The Hall–Kier alpha value is -2.53. The molecule has 0 radical (unpaired) electrons. The monoisotopic (exact) mass is 644 g/mol. The fourth-order valence-electron chi connectivity index (χ4n) is 2.04. The van der Waals surface area contributed by atoms with E-state index in [4.69, 9.17) is 20.1 Å². The zero-order valence-electron chi connectivity index (χ0n) is 16.1. The van der Waals surface area contributed by atoms with Crippen molar-refractivity contribution in [3.63, 3.8) is 0 Å². The number of halogens is 3. The molecule has 0 spiro atoms. The van der Waals surface area contributed by atoms with Crippen molar-refractivity contribution >= 4 is 45.2 Å². The number of rotatable bonds is 2. The molecule has 7 heteroatoms. The largest absolute Gasteiger partial charge is 0.508 e. The third-order valence-corrected chi connectivity index (χ3v) is 4.98. The van der Waals surface area contributed by atoms with Gasteiger partial charge in [-0.2, -0.15) is 0 Å². The summed E-state index contributed by atoms with van der Waals surface area (Å²) in [4.78, 5) is 0. The molecule has 0 aliphatic carbocycles. The van der Waals surface area contributed by atoms with E-state index in [1.807, 2.05) is 36.4 Å². The van der Waals surface area contributed by atoms with Gasteiger partial charge in [0.1, 0.15) is 34.6 Å². The maximum atomic E-state index is 12.0. The second-order valence-electron chi connectivity index (χ2n) is 6.00. The van der Waals surface area contributed by atoms with E-state index >= 15 is 0 Å². The van der Waals surface area contributed by atoms with Crippen LogP contribution in [0.15, 0.2) is 97.1 Å². The fraction of sp³-hybridized carbons (Fsp3) is 0. The van der Waals surface area contributed by atoms with Crippen LogP contribution < -0.4 is 4.74 Å². The van der Waals surface area contributed by atoms with Gasteiger partial charge in [-0.1, -0.05) is 0 Å². The lowest BCUT2D eigenvalue weighted by Gasteiger charge is -2.05. The predicted octanol–water partition coefficient (Wildman–Crippen LogP) is 7.32. The number of benzene rings is 4. The van der Waals surface area contributed by atoms with Gasteiger partial charge in [-0.15, -0.1) is 0 Å². The van der Waals surface area contributed by atoms with Gasteiger partial charge in [-0.25, -0.2) is 4.39 Å². The summed E-state index contributed by atoms with van der Waals surface area (Å²) in [5.74, 6) is 1.83. The van der Waals surface area contributed by atoms with Gasteiger partial charge >= 0.3 is 0 Å². The molecule has 0 aromatic heterocycles. The van der Waals surface area contributed by atoms with Crippen LogP contribution in [0, 0.1) is 13.0 Å². The van der Waals surface area contributed by atoms with Crippen LogP contribution in [0.25, 0.3) is 0 Å². The van der Waals surface area contributed by atoms with Crippen molar-refractivity contribution in [2.75, 3.05) is 0 Å². The van der Waals surface area contributed by atoms with Crippen LogP contribution in [0.5, 0.6) is 28.7 Å². The highest BCUT2D eigenvalue weighted by Gasteiger charge is 1.96. The van der Waals surface area contributed by atoms with Crippen LogP contribution in [0.4, 0.5) is 4.39 Å². The summed E-state index contributed by atoms with van der Waals surface area (Å²) in [6, 6.07) is 26.5. The summed E-state index contributed by atoms with van der Waals surface area (Å²) in [6.45, 7) is 0. The molecule has 4 nitrogen and oxygen atoms in total. The van der Waals surface area contributed by atoms with E-state index in [2.05, 4.69) is 45.2 Å². The summed E-state index contributed by atoms with van der Waals surface area (Å²) in [6.07, 6.45) is 0. The van der Waals surface area contributed by atoms with Crippen LogP contribution in [0.1, 0.15) is 0 Å². The second kappa shape index (κ2) is 13.0. The Morgan fingerprint density at radius 2 is 0.774 bits per heavy atom. The highest BCUT2D eigenvalue weighted by Crippen LogP contribution is 2.23. The fourth-order valence-corrected chi connectivity index (χ4v) is 2.75. The maximum Gasteiger partial charge on any atom is 0.127 e. The van der Waals surface area contributed by atoms with Gasteiger partial charge in [0.25, 0.3) is 0 Å². The van der Waals surface area contributed by atoms with Gasteiger partial charge in [0, 0.05) is 7.14 Å². The van der Waals surface area contributed by atoms with E-state index in [0.717, 1.165) is 9.32 Å². The molecule has 4 aromatic rings. The van der Waals surface area contributed by atoms with Crippen molar-refractivity contribution in [1.82, 2.24) is 0 Å². The van der Waals surface area contributed by atoms with Crippen LogP contribution in [-0.4, -0.2) is 15.3 Å². The van der Waals surface area contributed by atoms with Crippen LogP contribution >= 0.6 is 45.2 Å². The molecule has 3 N–H and O–H groups in total. The molecule has 0 atom stereocenters. The van der Waals surface area contributed by atoms with E-state index in [-0.39, 0.29) is 17.3 Å². The molecule has 0 fully saturated rings. The third kappa shape index (κ3) is 10.4. The van der Waals surface area contributed by atoms with Crippen molar-refractivity contribution in [1.29, 1.82) is 0 Å². The Balaban J connectivity index is 0.000000181. The van der Waals surface area contributed by atoms with Gasteiger partial charge in [-0.05, 0) is 142 Å². The Bertz CT molecular complexity index is 908. The smallest absolute Gasteiger partial charge is 0.127 e. The Morgan fingerprint density at radius 3 is 1.13 bits per heavy atom. The normalized spacial score (nSPS) is 9.52. The predicted molar refractivity (Wildman–Crippen MR) is 136 cm³/mol. The van der Waals surface area contributed by atoms with E-state index in [1.54, 1.807) is 36.4 Å². The number of ether oxygens (including phenoxy) is 1. The molecule has 0 unspecified atom stereocenters. The number of hydrogen-bond donors (Lipinski definition) is 3. The van der Waals surface area contributed by atoms with E-state index < -0.39 is 0 Å². The van der Waals surface area contributed by atoms with E-state index in [1.165, 1.54) is 27.8 Å². The number of hydrogen-bond acceptors (Lipinski definition) is 4. The molecule has 31 heavy (non-hydrogen) atoms. The molecule has 0 bridgehead atoms.